The highest BCUT2D eigenvalue weighted by Gasteiger charge is 2.17. The molecule has 25 heavy (non-hydrogen) atoms. The molecular weight excluding hydrogens is 320 g/mol. The minimum Gasteiger partial charge on any atom is -0.482 e. The summed E-state index contributed by atoms with van der Waals surface area (Å²) in [4.78, 5) is 23.1. The summed E-state index contributed by atoms with van der Waals surface area (Å²) in [6, 6.07) is 8.76. The number of hydrogen-bond donors (Lipinski definition) is 2. The summed E-state index contributed by atoms with van der Waals surface area (Å²) >= 11 is 0. The lowest BCUT2D eigenvalue weighted by atomic mass is 10.1. The summed E-state index contributed by atoms with van der Waals surface area (Å²) in [5, 5.41) is 11.6. The fourth-order valence-corrected chi connectivity index (χ4v) is 2.87. The van der Waals surface area contributed by atoms with Crippen molar-refractivity contribution in [3.63, 3.8) is 0 Å². The average Bonchev–Trinajstić information content (AvgIpc) is 2.87. The van der Waals surface area contributed by atoms with Crippen LogP contribution in [0.25, 0.3) is 0 Å². The molecular formula is C19H24N2O4. The maximum atomic E-state index is 12.6. The first-order valence-electron chi connectivity index (χ1n) is 8.25. The lowest BCUT2D eigenvalue weighted by molar-refractivity contribution is -0.139. The van der Waals surface area contributed by atoms with Gasteiger partial charge in [-0.1, -0.05) is 12.1 Å². The fraction of sp³-hybridized carbons (Fsp3) is 0.368. The van der Waals surface area contributed by atoms with Crippen LogP contribution in [-0.2, 0) is 11.3 Å². The Hall–Kier alpha value is -2.76. The van der Waals surface area contributed by atoms with E-state index in [0.29, 0.717) is 11.3 Å². The summed E-state index contributed by atoms with van der Waals surface area (Å²) in [6.07, 6.45) is 0. The molecule has 2 rings (SSSR count). The number of nitrogens with one attached hydrogen (secondary N) is 1. The summed E-state index contributed by atoms with van der Waals surface area (Å²) in [5.74, 6) is -0.642. The summed E-state index contributed by atoms with van der Waals surface area (Å²) < 4.78 is 7.21. The molecule has 2 aromatic rings. The first-order valence-corrected chi connectivity index (χ1v) is 8.25. The number of carboxylic acids is 1. The first-order chi connectivity index (χ1) is 11.8. The van der Waals surface area contributed by atoms with Crippen molar-refractivity contribution in [3.05, 3.63) is 52.8 Å². The van der Waals surface area contributed by atoms with Gasteiger partial charge in [-0.25, -0.2) is 4.79 Å². The number of aliphatic carboxylic acids is 1. The molecule has 0 fully saturated rings. The van der Waals surface area contributed by atoms with Gasteiger partial charge >= 0.3 is 5.97 Å². The zero-order valence-corrected chi connectivity index (χ0v) is 15.0. The molecule has 6 nitrogen and oxygen atoms in total. The van der Waals surface area contributed by atoms with Gasteiger partial charge < -0.3 is 19.7 Å². The third-order valence-electron chi connectivity index (χ3n) is 4.22. The average molecular weight is 344 g/mol. The molecule has 0 radical (unpaired) electrons. The first kappa shape index (κ1) is 18.6. The van der Waals surface area contributed by atoms with Gasteiger partial charge in [0.25, 0.3) is 5.91 Å². The Labute approximate surface area is 147 Å². The molecule has 1 heterocycles. The molecule has 1 amide bonds. The summed E-state index contributed by atoms with van der Waals surface area (Å²) in [5.41, 5.74) is 3.63. The molecule has 0 bridgehead atoms. The molecule has 134 valence electrons. The number of ether oxygens (including phenoxy) is 1. The number of carbonyl (C=O) groups is 2. The normalized spacial score (nSPS) is 11.8. The van der Waals surface area contributed by atoms with Crippen LogP contribution in [-0.4, -0.2) is 28.2 Å². The molecule has 1 aromatic carbocycles. The Balaban J connectivity index is 2.05. The van der Waals surface area contributed by atoms with Crippen LogP contribution in [0.2, 0.25) is 0 Å². The van der Waals surface area contributed by atoms with E-state index in [0.717, 1.165) is 23.5 Å². The monoisotopic (exact) mass is 344 g/mol. The van der Waals surface area contributed by atoms with Gasteiger partial charge in [0.1, 0.15) is 5.75 Å². The maximum Gasteiger partial charge on any atom is 0.341 e. The van der Waals surface area contributed by atoms with Crippen LogP contribution in [0.15, 0.2) is 30.3 Å². The second kappa shape index (κ2) is 7.88. The lowest BCUT2D eigenvalue weighted by Gasteiger charge is -2.15. The van der Waals surface area contributed by atoms with Crippen LogP contribution in [0, 0.1) is 13.8 Å². The molecule has 0 aliphatic heterocycles. The van der Waals surface area contributed by atoms with Gasteiger partial charge in [0.15, 0.2) is 6.61 Å². The SMILES string of the molecule is CCn1c(C)cc(C(=O)NC(C)c2ccc(OCC(=O)O)cc2)c1C. The van der Waals surface area contributed by atoms with E-state index in [1.807, 2.05) is 39.0 Å². The Morgan fingerprint density at radius 2 is 1.88 bits per heavy atom. The number of nitrogens with zero attached hydrogens (tertiary/aromatic N) is 1. The van der Waals surface area contributed by atoms with Gasteiger partial charge in [-0.05, 0) is 51.5 Å². The van der Waals surface area contributed by atoms with Crippen LogP contribution in [0.4, 0.5) is 0 Å². The van der Waals surface area contributed by atoms with Gasteiger partial charge in [-0.15, -0.1) is 0 Å². The van der Waals surface area contributed by atoms with Gasteiger partial charge in [-0.2, -0.15) is 0 Å². The highest BCUT2D eigenvalue weighted by molar-refractivity contribution is 5.96. The van der Waals surface area contributed by atoms with E-state index in [9.17, 15) is 9.59 Å². The number of aryl methyl sites for hydroxylation is 1. The van der Waals surface area contributed by atoms with Crippen molar-refractivity contribution in [1.29, 1.82) is 0 Å². The van der Waals surface area contributed by atoms with E-state index in [1.165, 1.54) is 0 Å². The molecule has 2 N–H and O–H groups in total. The number of carboxylic acid groups (broad SMARTS) is 1. The molecule has 6 heteroatoms. The van der Waals surface area contributed by atoms with E-state index in [-0.39, 0.29) is 18.6 Å². The van der Waals surface area contributed by atoms with E-state index < -0.39 is 5.97 Å². The second-order valence-corrected chi connectivity index (χ2v) is 5.98. The van der Waals surface area contributed by atoms with Crippen LogP contribution >= 0.6 is 0 Å². The van der Waals surface area contributed by atoms with Crippen molar-refractivity contribution in [2.24, 2.45) is 0 Å². The highest BCUT2D eigenvalue weighted by atomic mass is 16.5. The van der Waals surface area contributed by atoms with Gasteiger partial charge in [0.05, 0.1) is 11.6 Å². The van der Waals surface area contributed by atoms with Crippen molar-refractivity contribution in [2.45, 2.75) is 40.3 Å². The van der Waals surface area contributed by atoms with Crippen molar-refractivity contribution in [3.8, 4) is 5.75 Å². The zero-order valence-electron chi connectivity index (χ0n) is 15.0. The molecule has 1 atom stereocenters. The van der Waals surface area contributed by atoms with E-state index in [2.05, 4.69) is 16.8 Å². The molecule has 0 aliphatic rings. The number of benzene rings is 1. The standard InChI is InChI=1S/C19H24N2O4/c1-5-21-12(2)10-17(14(21)4)19(24)20-13(3)15-6-8-16(9-7-15)25-11-18(22)23/h6-10,13H,5,11H2,1-4H3,(H,20,24)(H,22,23). The molecule has 0 aliphatic carbocycles. The van der Waals surface area contributed by atoms with Crippen molar-refractivity contribution >= 4 is 11.9 Å². The molecule has 0 spiro atoms. The fourth-order valence-electron chi connectivity index (χ4n) is 2.87. The van der Waals surface area contributed by atoms with Crippen LogP contribution in [0.1, 0.15) is 47.2 Å². The topological polar surface area (TPSA) is 80.6 Å². The minimum atomic E-state index is -1.02. The third-order valence-corrected chi connectivity index (χ3v) is 4.22. The largest absolute Gasteiger partial charge is 0.482 e. The molecule has 0 saturated carbocycles. The molecule has 1 aromatic heterocycles. The molecule has 1 unspecified atom stereocenters. The smallest absolute Gasteiger partial charge is 0.341 e. The predicted molar refractivity (Wildman–Crippen MR) is 95.0 cm³/mol. The van der Waals surface area contributed by atoms with Gasteiger partial charge in [-0.3, -0.25) is 4.79 Å². The Bertz CT molecular complexity index is 762. The van der Waals surface area contributed by atoms with E-state index >= 15 is 0 Å². The van der Waals surface area contributed by atoms with Crippen LogP contribution in [0.5, 0.6) is 5.75 Å². The highest BCUT2D eigenvalue weighted by Crippen LogP contribution is 2.20. The Morgan fingerprint density at radius 3 is 2.40 bits per heavy atom. The van der Waals surface area contributed by atoms with Crippen molar-refractivity contribution in [2.75, 3.05) is 6.61 Å². The minimum absolute atomic E-state index is 0.105. The van der Waals surface area contributed by atoms with Crippen LogP contribution < -0.4 is 10.1 Å². The summed E-state index contributed by atoms with van der Waals surface area (Å²) in [6.45, 7) is 8.36. The third kappa shape index (κ3) is 4.41. The molecule has 0 saturated heterocycles. The summed E-state index contributed by atoms with van der Waals surface area (Å²) in [7, 11) is 0. The second-order valence-electron chi connectivity index (χ2n) is 5.98. The Kier molecular flexibility index (Phi) is 5.85. The quantitative estimate of drug-likeness (QED) is 0.809. The van der Waals surface area contributed by atoms with Crippen LogP contribution in [0.3, 0.4) is 0 Å². The Morgan fingerprint density at radius 1 is 1.24 bits per heavy atom. The van der Waals surface area contributed by atoms with Gasteiger partial charge in [0.2, 0.25) is 0 Å². The lowest BCUT2D eigenvalue weighted by Crippen LogP contribution is -2.27. The van der Waals surface area contributed by atoms with Gasteiger partial charge in [0, 0.05) is 17.9 Å². The maximum absolute atomic E-state index is 12.6. The number of amides is 1. The number of carbonyl (C=O) groups excluding carboxylic acids is 1. The number of hydrogen-bond acceptors (Lipinski definition) is 3. The van der Waals surface area contributed by atoms with Crippen molar-refractivity contribution in [1.82, 2.24) is 9.88 Å². The number of rotatable bonds is 7. The van der Waals surface area contributed by atoms with E-state index in [4.69, 9.17) is 9.84 Å². The van der Waals surface area contributed by atoms with E-state index in [1.54, 1.807) is 12.1 Å². The predicted octanol–water partition coefficient (Wildman–Crippen LogP) is 3.08. The zero-order chi connectivity index (χ0) is 18.6. The number of aromatic nitrogens is 1. The van der Waals surface area contributed by atoms with Crippen molar-refractivity contribution < 1.29 is 19.4 Å².